The van der Waals surface area contributed by atoms with Crippen molar-refractivity contribution in [3.63, 3.8) is 0 Å². The number of hydrogen-bond donors (Lipinski definition) is 2. The molecule has 1 heterocycles. The monoisotopic (exact) mass is 251 g/mol. The predicted octanol–water partition coefficient (Wildman–Crippen LogP) is 1.61. The first-order chi connectivity index (χ1) is 7.94. The second kappa shape index (κ2) is 6.02. The van der Waals surface area contributed by atoms with Crippen LogP contribution in [-0.4, -0.2) is 27.4 Å². The van der Waals surface area contributed by atoms with E-state index in [2.05, 4.69) is 4.98 Å². The van der Waals surface area contributed by atoms with Gasteiger partial charge in [0.05, 0.1) is 24.7 Å². The quantitative estimate of drug-likeness (QED) is 0.755. The SMILES string of the molecule is NC(CO)c1cncn1CCCCC(F)(F)F. The minimum atomic E-state index is -4.10. The van der Waals surface area contributed by atoms with Crippen molar-refractivity contribution >= 4 is 0 Å². The van der Waals surface area contributed by atoms with Gasteiger partial charge in [-0.15, -0.1) is 0 Å². The van der Waals surface area contributed by atoms with E-state index >= 15 is 0 Å². The minimum Gasteiger partial charge on any atom is -0.394 e. The number of unbranched alkanes of at least 4 members (excludes halogenated alkanes) is 1. The first-order valence-corrected chi connectivity index (χ1v) is 5.37. The Morgan fingerprint density at radius 3 is 2.71 bits per heavy atom. The summed E-state index contributed by atoms with van der Waals surface area (Å²) in [5, 5.41) is 8.89. The van der Waals surface area contributed by atoms with Gasteiger partial charge in [-0.25, -0.2) is 4.98 Å². The van der Waals surface area contributed by atoms with Gasteiger partial charge in [-0.1, -0.05) is 0 Å². The molecule has 1 atom stereocenters. The molecule has 0 aromatic carbocycles. The van der Waals surface area contributed by atoms with Crippen molar-refractivity contribution in [3.8, 4) is 0 Å². The van der Waals surface area contributed by atoms with Gasteiger partial charge >= 0.3 is 6.18 Å². The maximum absolute atomic E-state index is 11.9. The Morgan fingerprint density at radius 1 is 1.41 bits per heavy atom. The van der Waals surface area contributed by atoms with Crippen molar-refractivity contribution in [1.82, 2.24) is 9.55 Å². The molecule has 1 aromatic rings. The highest BCUT2D eigenvalue weighted by Gasteiger charge is 2.25. The zero-order valence-corrected chi connectivity index (χ0v) is 9.32. The van der Waals surface area contributed by atoms with Crippen LogP contribution in [0.5, 0.6) is 0 Å². The first kappa shape index (κ1) is 14.0. The zero-order chi connectivity index (χ0) is 12.9. The van der Waals surface area contributed by atoms with Crippen molar-refractivity contribution in [1.29, 1.82) is 0 Å². The lowest BCUT2D eigenvalue weighted by Crippen LogP contribution is -2.18. The lowest BCUT2D eigenvalue weighted by atomic mass is 10.2. The summed E-state index contributed by atoms with van der Waals surface area (Å²) in [6, 6.07) is -0.542. The predicted molar refractivity (Wildman–Crippen MR) is 56.1 cm³/mol. The van der Waals surface area contributed by atoms with Crippen molar-refractivity contribution in [2.24, 2.45) is 5.73 Å². The third-order valence-electron chi connectivity index (χ3n) is 2.43. The van der Waals surface area contributed by atoms with Crippen molar-refractivity contribution in [3.05, 3.63) is 18.2 Å². The van der Waals surface area contributed by atoms with E-state index in [9.17, 15) is 13.2 Å². The molecule has 0 aliphatic heterocycles. The first-order valence-electron chi connectivity index (χ1n) is 5.37. The van der Waals surface area contributed by atoms with Crippen molar-refractivity contribution in [2.45, 2.75) is 38.0 Å². The van der Waals surface area contributed by atoms with Gasteiger partial charge in [-0.3, -0.25) is 0 Å². The van der Waals surface area contributed by atoms with Crippen molar-refractivity contribution < 1.29 is 18.3 Å². The van der Waals surface area contributed by atoms with E-state index < -0.39 is 18.6 Å². The third-order valence-corrected chi connectivity index (χ3v) is 2.43. The van der Waals surface area contributed by atoms with E-state index in [0.717, 1.165) is 0 Å². The van der Waals surface area contributed by atoms with E-state index in [1.165, 1.54) is 12.5 Å². The summed E-state index contributed by atoms with van der Waals surface area (Å²) in [5.41, 5.74) is 6.26. The Kier molecular flexibility index (Phi) is 4.95. The van der Waals surface area contributed by atoms with Crippen LogP contribution in [0.1, 0.15) is 31.0 Å². The molecule has 0 saturated carbocycles. The fourth-order valence-electron chi connectivity index (χ4n) is 1.53. The topological polar surface area (TPSA) is 64.1 Å². The average Bonchev–Trinajstić information content (AvgIpc) is 2.70. The van der Waals surface area contributed by atoms with E-state index in [0.29, 0.717) is 18.7 Å². The molecule has 7 heteroatoms. The molecule has 1 unspecified atom stereocenters. The number of aliphatic hydroxyl groups excluding tert-OH is 1. The van der Waals surface area contributed by atoms with Crippen LogP contribution in [0.25, 0.3) is 0 Å². The second-order valence-corrected chi connectivity index (χ2v) is 3.87. The molecule has 0 aliphatic carbocycles. The van der Waals surface area contributed by atoms with Crippen molar-refractivity contribution in [2.75, 3.05) is 6.61 Å². The highest BCUT2D eigenvalue weighted by atomic mass is 19.4. The maximum Gasteiger partial charge on any atom is 0.389 e. The number of imidazole rings is 1. The van der Waals surface area contributed by atoms with Crippen LogP contribution in [0.2, 0.25) is 0 Å². The maximum atomic E-state index is 11.9. The number of aromatic nitrogens is 2. The Bertz CT molecular complexity index is 338. The summed E-state index contributed by atoms with van der Waals surface area (Å²) < 4.78 is 37.4. The molecule has 0 fully saturated rings. The molecule has 0 amide bonds. The Balaban J connectivity index is 2.39. The average molecular weight is 251 g/mol. The lowest BCUT2D eigenvalue weighted by Gasteiger charge is -2.12. The van der Waals surface area contributed by atoms with Gasteiger partial charge in [-0.2, -0.15) is 13.2 Å². The number of nitrogens with two attached hydrogens (primary N) is 1. The second-order valence-electron chi connectivity index (χ2n) is 3.87. The molecule has 0 bridgehead atoms. The summed E-state index contributed by atoms with van der Waals surface area (Å²) in [5.74, 6) is 0. The number of alkyl halides is 3. The smallest absolute Gasteiger partial charge is 0.389 e. The minimum absolute atomic E-state index is 0.0789. The summed E-state index contributed by atoms with van der Waals surface area (Å²) in [4.78, 5) is 3.87. The van der Waals surface area contributed by atoms with Crippen LogP contribution in [0.4, 0.5) is 13.2 Å². The van der Waals surface area contributed by atoms with E-state index in [-0.39, 0.29) is 13.0 Å². The van der Waals surface area contributed by atoms with Crippen LogP contribution in [0.15, 0.2) is 12.5 Å². The molecule has 0 aliphatic rings. The molecule has 17 heavy (non-hydrogen) atoms. The molecule has 4 nitrogen and oxygen atoms in total. The lowest BCUT2D eigenvalue weighted by molar-refractivity contribution is -0.135. The molecule has 1 rings (SSSR count). The molecular formula is C10H16F3N3O. The summed E-state index contributed by atoms with van der Waals surface area (Å²) in [7, 11) is 0. The van der Waals surface area contributed by atoms with Crippen LogP contribution >= 0.6 is 0 Å². The van der Waals surface area contributed by atoms with Gasteiger partial charge in [0.15, 0.2) is 0 Å². The number of halogens is 3. The highest BCUT2D eigenvalue weighted by Crippen LogP contribution is 2.22. The fraction of sp³-hybridized carbons (Fsp3) is 0.700. The van der Waals surface area contributed by atoms with Crippen LogP contribution in [0.3, 0.4) is 0 Å². The van der Waals surface area contributed by atoms with Gasteiger partial charge in [0, 0.05) is 19.2 Å². The molecule has 3 N–H and O–H groups in total. The highest BCUT2D eigenvalue weighted by molar-refractivity contribution is 5.04. The van der Waals surface area contributed by atoms with Gasteiger partial charge < -0.3 is 15.4 Å². The van der Waals surface area contributed by atoms with Gasteiger partial charge in [0.25, 0.3) is 0 Å². The Labute approximate surface area is 97.3 Å². The number of nitrogens with zero attached hydrogens (tertiary/aromatic N) is 2. The van der Waals surface area contributed by atoms with E-state index in [1.807, 2.05) is 0 Å². The Hall–Kier alpha value is -1.08. The molecule has 1 aromatic heterocycles. The molecule has 0 saturated heterocycles. The largest absolute Gasteiger partial charge is 0.394 e. The number of rotatable bonds is 6. The number of aryl methyl sites for hydroxylation is 1. The number of hydrogen-bond acceptors (Lipinski definition) is 3. The van der Waals surface area contributed by atoms with E-state index in [1.54, 1.807) is 4.57 Å². The molecule has 0 radical (unpaired) electrons. The standard InChI is InChI=1S/C10H16F3N3O/c11-10(12,13)3-1-2-4-16-7-15-5-9(16)8(14)6-17/h5,7-8,17H,1-4,6,14H2. The van der Waals surface area contributed by atoms with Crippen LogP contribution < -0.4 is 5.73 Å². The summed E-state index contributed by atoms with van der Waals surface area (Å²) in [6.45, 7) is 0.216. The van der Waals surface area contributed by atoms with Gasteiger partial charge in [-0.05, 0) is 12.8 Å². The fourth-order valence-corrected chi connectivity index (χ4v) is 1.53. The Morgan fingerprint density at radius 2 is 2.12 bits per heavy atom. The summed E-state index contributed by atoms with van der Waals surface area (Å²) in [6.07, 6.45) is -1.36. The van der Waals surface area contributed by atoms with Gasteiger partial charge in [0.2, 0.25) is 0 Å². The molecular weight excluding hydrogens is 235 g/mol. The van der Waals surface area contributed by atoms with Crippen LogP contribution in [0, 0.1) is 0 Å². The zero-order valence-electron chi connectivity index (χ0n) is 9.32. The normalized spacial score (nSPS) is 13.9. The third kappa shape index (κ3) is 4.74. The van der Waals surface area contributed by atoms with Crippen LogP contribution in [-0.2, 0) is 6.54 Å². The molecule has 0 spiro atoms. The summed E-state index contributed by atoms with van der Waals surface area (Å²) >= 11 is 0. The van der Waals surface area contributed by atoms with Gasteiger partial charge in [0.1, 0.15) is 0 Å². The number of aliphatic hydroxyl groups is 1. The van der Waals surface area contributed by atoms with E-state index in [4.69, 9.17) is 10.8 Å². The molecule has 98 valence electrons.